The number of hydrogen-bond donors (Lipinski definition) is 0. The Morgan fingerprint density at radius 2 is 1.68 bits per heavy atom. The summed E-state index contributed by atoms with van der Waals surface area (Å²) in [5.74, 6) is 2.08. The van der Waals surface area contributed by atoms with Crippen LogP contribution in [0.5, 0.6) is 0 Å². The van der Waals surface area contributed by atoms with Crippen LogP contribution in [0, 0.1) is 0 Å². The number of fused-ring (bicyclic) bond motifs is 1. The number of para-hydroxylation sites is 1. The first-order valence-corrected chi connectivity index (χ1v) is 12.1. The Kier molecular flexibility index (Phi) is 6.25. The van der Waals surface area contributed by atoms with E-state index in [9.17, 15) is 4.79 Å². The van der Waals surface area contributed by atoms with Crippen LogP contribution < -0.4 is 4.90 Å². The highest BCUT2D eigenvalue weighted by Crippen LogP contribution is 2.29. The fourth-order valence-electron chi connectivity index (χ4n) is 4.41. The van der Waals surface area contributed by atoms with E-state index in [1.165, 1.54) is 0 Å². The van der Waals surface area contributed by atoms with E-state index in [-0.39, 0.29) is 11.8 Å². The number of carbonyl (C=O) groups is 1. The molecule has 0 N–H and O–H groups in total. The van der Waals surface area contributed by atoms with Gasteiger partial charge in [-0.15, -0.1) is 0 Å². The molecule has 0 aliphatic carbocycles. The van der Waals surface area contributed by atoms with E-state index in [2.05, 4.69) is 23.8 Å². The molecule has 0 radical (unpaired) electrons. The largest absolute Gasteiger partial charge is 0.354 e. The monoisotopic (exact) mass is 454 g/mol. The van der Waals surface area contributed by atoms with E-state index in [4.69, 9.17) is 9.97 Å². The second kappa shape index (κ2) is 9.63. The first-order chi connectivity index (χ1) is 16.7. The van der Waals surface area contributed by atoms with Crippen LogP contribution in [0.2, 0.25) is 0 Å². The Labute approximate surface area is 200 Å². The molecule has 4 aromatic rings. The molecule has 1 atom stereocenters. The second-order valence-corrected chi connectivity index (χ2v) is 8.84. The number of carbonyl (C=O) groups excluding carboxylic acids is 1. The molecule has 0 saturated carbocycles. The molecule has 3 heterocycles. The van der Waals surface area contributed by atoms with E-state index in [0.29, 0.717) is 6.54 Å². The van der Waals surface area contributed by atoms with Crippen LogP contribution in [0.1, 0.15) is 48.8 Å². The van der Waals surface area contributed by atoms with Gasteiger partial charge in [0.15, 0.2) is 5.65 Å². The van der Waals surface area contributed by atoms with Crippen molar-refractivity contribution in [3.05, 3.63) is 78.2 Å². The minimum atomic E-state index is 0.0903. The summed E-state index contributed by atoms with van der Waals surface area (Å²) in [5.41, 5.74) is 2.55. The topological polar surface area (TPSA) is 67.2 Å². The molecular formula is C27H30N6O. The lowest BCUT2D eigenvalue weighted by molar-refractivity contribution is 0.0767. The maximum Gasteiger partial charge on any atom is 0.253 e. The quantitative estimate of drug-likeness (QED) is 0.438. The third-order valence-electron chi connectivity index (χ3n) is 6.58. The number of amides is 1. The van der Waals surface area contributed by atoms with E-state index >= 15 is 0 Å². The maximum absolute atomic E-state index is 13.0. The van der Waals surface area contributed by atoms with Crippen molar-refractivity contribution in [2.24, 2.45) is 0 Å². The summed E-state index contributed by atoms with van der Waals surface area (Å²) in [6.45, 7) is 7.27. The predicted octanol–water partition coefficient (Wildman–Crippen LogP) is 4.68. The van der Waals surface area contributed by atoms with Gasteiger partial charge < -0.3 is 9.80 Å². The van der Waals surface area contributed by atoms with Crippen molar-refractivity contribution in [2.45, 2.75) is 32.6 Å². The van der Waals surface area contributed by atoms with E-state index in [1.807, 2.05) is 76.4 Å². The van der Waals surface area contributed by atoms with Gasteiger partial charge in [-0.25, -0.2) is 14.6 Å². The van der Waals surface area contributed by atoms with Gasteiger partial charge in [-0.1, -0.05) is 50.2 Å². The lowest BCUT2D eigenvalue weighted by Crippen LogP contribution is -2.35. The van der Waals surface area contributed by atoms with Gasteiger partial charge >= 0.3 is 0 Å². The lowest BCUT2D eigenvalue weighted by atomic mass is 10.1. The smallest absolute Gasteiger partial charge is 0.253 e. The van der Waals surface area contributed by atoms with Gasteiger partial charge in [0.1, 0.15) is 11.6 Å². The highest BCUT2D eigenvalue weighted by atomic mass is 16.2. The lowest BCUT2D eigenvalue weighted by Gasteiger charge is -2.24. The van der Waals surface area contributed by atoms with Crippen molar-refractivity contribution in [3.8, 4) is 5.69 Å². The zero-order valence-electron chi connectivity index (χ0n) is 19.8. The minimum Gasteiger partial charge on any atom is -0.354 e. The van der Waals surface area contributed by atoms with Crippen molar-refractivity contribution in [2.75, 3.05) is 31.1 Å². The molecule has 34 heavy (non-hydrogen) atoms. The Hall–Kier alpha value is -3.74. The number of aromatic nitrogens is 4. The first-order valence-electron chi connectivity index (χ1n) is 12.1. The van der Waals surface area contributed by atoms with Crippen molar-refractivity contribution >= 4 is 22.8 Å². The Balaban J connectivity index is 1.49. The van der Waals surface area contributed by atoms with Crippen LogP contribution in [0.15, 0.2) is 66.9 Å². The zero-order chi connectivity index (χ0) is 23.5. The number of benzene rings is 2. The fraction of sp³-hybridized carbons (Fsp3) is 0.333. The third-order valence-corrected chi connectivity index (χ3v) is 6.58. The molecule has 5 rings (SSSR count). The van der Waals surface area contributed by atoms with Crippen LogP contribution in [-0.4, -0.2) is 56.7 Å². The van der Waals surface area contributed by atoms with Gasteiger partial charge in [0.05, 0.1) is 17.3 Å². The number of anilines is 1. The second-order valence-electron chi connectivity index (χ2n) is 8.84. The summed E-state index contributed by atoms with van der Waals surface area (Å²) >= 11 is 0. The molecule has 0 unspecified atom stereocenters. The summed E-state index contributed by atoms with van der Waals surface area (Å²) in [4.78, 5) is 27.2. The number of rotatable bonds is 5. The Morgan fingerprint density at radius 1 is 0.941 bits per heavy atom. The molecular weight excluding hydrogens is 424 g/mol. The molecule has 174 valence electrons. The van der Waals surface area contributed by atoms with Crippen LogP contribution >= 0.6 is 0 Å². The summed E-state index contributed by atoms with van der Waals surface area (Å²) in [6.07, 6.45) is 3.72. The molecule has 1 fully saturated rings. The predicted molar refractivity (Wildman–Crippen MR) is 135 cm³/mol. The molecule has 7 heteroatoms. The molecule has 2 aromatic heterocycles. The average Bonchev–Trinajstić information content (AvgIpc) is 3.17. The maximum atomic E-state index is 13.0. The summed E-state index contributed by atoms with van der Waals surface area (Å²) in [5, 5.41) is 5.62. The highest BCUT2D eigenvalue weighted by molar-refractivity contribution is 5.94. The molecule has 1 saturated heterocycles. The number of hydrogen-bond acceptors (Lipinski definition) is 5. The van der Waals surface area contributed by atoms with Crippen LogP contribution in [0.4, 0.5) is 5.82 Å². The van der Waals surface area contributed by atoms with Crippen molar-refractivity contribution in [1.29, 1.82) is 0 Å². The van der Waals surface area contributed by atoms with Gasteiger partial charge in [-0.2, -0.15) is 5.10 Å². The molecule has 1 amide bonds. The van der Waals surface area contributed by atoms with E-state index in [0.717, 1.165) is 66.4 Å². The van der Waals surface area contributed by atoms with Crippen LogP contribution in [0.25, 0.3) is 16.7 Å². The van der Waals surface area contributed by atoms with Gasteiger partial charge in [0.25, 0.3) is 5.91 Å². The summed E-state index contributed by atoms with van der Waals surface area (Å²) < 4.78 is 1.90. The van der Waals surface area contributed by atoms with Gasteiger partial charge in [-0.3, -0.25) is 4.79 Å². The number of nitrogens with zero attached hydrogens (tertiary/aromatic N) is 6. The third kappa shape index (κ3) is 4.25. The van der Waals surface area contributed by atoms with Crippen LogP contribution in [-0.2, 0) is 0 Å². The molecule has 7 nitrogen and oxygen atoms in total. The van der Waals surface area contributed by atoms with Crippen molar-refractivity contribution < 1.29 is 4.79 Å². The van der Waals surface area contributed by atoms with E-state index in [1.54, 1.807) is 0 Å². The summed E-state index contributed by atoms with van der Waals surface area (Å²) in [7, 11) is 0. The highest BCUT2D eigenvalue weighted by Gasteiger charge is 2.24. The zero-order valence-corrected chi connectivity index (χ0v) is 19.8. The Bertz CT molecular complexity index is 1270. The standard InChI is InChI=1S/C27H30N6O/c1-3-20(2)24-29-25(23-19-28-33(26(23)30-24)22-13-8-5-9-14-22)31-15-10-16-32(18-17-31)27(34)21-11-6-4-7-12-21/h4-9,11-14,19-20H,3,10,15-18H2,1-2H3/t20-/m0/s1. The van der Waals surface area contributed by atoms with Gasteiger partial charge in [-0.05, 0) is 37.1 Å². The molecule has 0 bridgehead atoms. The van der Waals surface area contributed by atoms with Crippen molar-refractivity contribution in [3.63, 3.8) is 0 Å². The fourth-order valence-corrected chi connectivity index (χ4v) is 4.41. The van der Waals surface area contributed by atoms with Gasteiger partial charge in [0, 0.05) is 37.7 Å². The first kappa shape index (κ1) is 22.1. The summed E-state index contributed by atoms with van der Waals surface area (Å²) in [6, 6.07) is 19.6. The Morgan fingerprint density at radius 3 is 2.41 bits per heavy atom. The average molecular weight is 455 g/mol. The molecule has 0 spiro atoms. The SMILES string of the molecule is CC[C@H](C)c1nc(N2CCCN(C(=O)c3ccccc3)CC2)c2cnn(-c3ccccc3)c2n1. The minimum absolute atomic E-state index is 0.0903. The van der Waals surface area contributed by atoms with Crippen LogP contribution in [0.3, 0.4) is 0 Å². The molecule has 1 aliphatic rings. The van der Waals surface area contributed by atoms with Crippen molar-refractivity contribution in [1.82, 2.24) is 24.6 Å². The van der Waals surface area contributed by atoms with Gasteiger partial charge in [0.2, 0.25) is 0 Å². The van der Waals surface area contributed by atoms with E-state index < -0.39 is 0 Å². The molecule has 2 aromatic carbocycles. The molecule has 1 aliphatic heterocycles. The normalized spacial score (nSPS) is 15.4.